The predicted octanol–water partition coefficient (Wildman–Crippen LogP) is 3.13. The van der Waals surface area contributed by atoms with E-state index in [0.29, 0.717) is 58.2 Å². The number of carbonyl (C=O) groups is 3. The SMILES string of the molecule is C=CCN1CC(C(=O)N(CCCN(C)CC(=O)OCC)C(=O)NCC)CC2c3cccc4[nH]cc(c34)CC21. The Bertz CT molecular complexity index is 1160. The van der Waals surface area contributed by atoms with Crippen LogP contribution in [0.15, 0.2) is 37.1 Å². The second-order valence-corrected chi connectivity index (χ2v) is 10.4. The molecule has 0 saturated carbocycles. The molecule has 3 unspecified atom stereocenters. The highest BCUT2D eigenvalue weighted by molar-refractivity contribution is 5.96. The van der Waals surface area contributed by atoms with Crippen molar-refractivity contribution >= 4 is 28.8 Å². The predicted molar refractivity (Wildman–Crippen MR) is 148 cm³/mol. The number of fused-ring (bicyclic) bond motifs is 2. The molecule has 1 aliphatic carbocycles. The number of ether oxygens (including phenoxy) is 1. The number of rotatable bonds is 11. The molecule has 9 heteroatoms. The molecular weight excluding hydrogens is 482 g/mol. The van der Waals surface area contributed by atoms with Gasteiger partial charge in [0.1, 0.15) is 0 Å². The van der Waals surface area contributed by atoms with Gasteiger partial charge < -0.3 is 15.0 Å². The first-order valence-corrected chi connectivity index (χ1v) is 13.7. The van der Waals surface area contributed by atoms with Crippen LogP contribution < -0.4 is 5.32 Å². The van der Waals surface area contributed by atoms with Gasteiger partial charge in [0, 0.05) is 61.8 Å². The van der Waals surface area contributed by atoms with Gasteiger partial charge in [-0.05, 0) is 57.4 Å². The second kappa shape index (κ2) is 12.6. The number of piperidine rings is 1. The van der Waals surface area contributed by atoms with Gasteiger partial charge >= 0.3 is 12.0 Å². The van der Waals surface area contributed by atoms with Crippen molar-refractivity contribution in [2.75, 3.05) is 52.9 Å². The zero-order valence-electron chi connectivity index (χ0n) is 22.9. The Kier molecular flexibility index (Phi) is 9.22. The molecule has 3 atom stereocenters. The maximum Gasteiger partial charge on any atom is 0.324 e. The summed E-state index contributed by atoms with van der Waals surface area (Å²) >= 11 is 0. The highest BCUT2D eigenvalue weighted by atomic mass is 16.5. The van der Waals surface area contributed by atoms with Crippen molar-refractivity contribution < 1.29 is 19.1 Å². The highest BCUT2D eigenvalue weighted by Gasteiger charge is 2.43. The van der Waals surface area contributed by atoms with E-state index >= 15 is 0 Å². The summed E-state index contributed by atoms with van der Waals surface area (Å²) in [6.07, 6.45) is 6.23. The Morgan fingerprint density at radius 3 is 2.82 bits per heavy atom. The molecule has 2 aliphatic rings. The Morgan fingerprint density at radius 2 is 2.08 bits per heavy atom. The average Bonchev–Trinajstić information content (AvgIpc) is 3.31. The number of benzene rings is 1. The number of nitrogens with zero attached hydrogens (tertiary/aromatic N) is 3. The number of H-pyrrole nitrogens is 1. The van der Waals surface area contributed by atoms with Crippen LogP contribution in [0.5, 0.6) is 0 Å². The van der Waals surface area contributed by atoms with Crippen LogP contribution in [0.25, 0.3) is 10.9 Å². The quantitative estimate of drug-likeness (QED) is 0.347. The summed E-state index contributed by atoms with van der Waals surface area (Å²) in [5.41, 5.74) is 3.74. The molecule has 38 heavy (non-hydrogen) atoms. The van der Waals surface area contributed by atoms with E-state index in [4.69, 9.17) is 4.74 Å². The Balaban J connectivity index is 1.51. The molecule has 2 aromatic rings. The summed E-state index contributed by atoms with van der Waals surface area (Å²) in [5, 5.41) is 4.10. The largest absolute Gasteiger partial charge is 0.465 e. The topological polar surface area (TPSA) is 98.0 Å². The first-order chi connectivity index (χ1) is 18.4. The zero-order valence-corrected chi connectivity index (χ0v) is 22.9. The number of carbonyl (C=O) groups excluding carboxylic acids is 3. The number of amides is 3. The first-order valence-electron chi connectivity index (χ1n) is 13.7. The molecule has 206 valence electrons. The van der Waals surface area contributed by atoms with E-state index in [9.17, 15) is 14.4 Å². The third-order valence-corrected chi connectivity index (χ3v) is 7.75. The summed E-state index contributed by atoms with van der Waals surface area (Å²) in [4.78, 5) is 47.7. The molecule has 0 spiro atoms. The monoisotopic (exact) mass is 523 g/mol. The number of likely N-dealkylation sites (tertiary alicyclic amines) is 1. The smallest absolute Gasteiger partial charge is 0.324 e. The molecule has 0 radical (unpaired) electrons. The molecular formula is C29H41N5O4. The molecule has 1 aromatic heterocycles. The molecule has 1 fully saturated rings. The van der Waals surface area contributed by atoms with Gasteiger partial charge in [-0.2, -0.15) is 0 Å². The molecule has 3 amide bonds. The third-order valence-electron chi connectivity index (χ3n) is 7.75. The molecule has 9 nitrogen and oxygen atoms in total. The van der Waals surface area contributed by atoms with E-state index in [1.54, 1.807) is 6.92 Å². The fourth-order valence-electron chi connectivity index (χ4n) is 6.14. The Labute approximate surface area is 225 Å². The third kappa shape index (κ3) is 5.94. The Morgan fingerprint density at radius 1 is 1.26 bits per heavy atom. The Hall–Kier alpha value is -3.17. The minimum absolute atomic E-state index is 0.136. The number of nitrogens with one attached hydrogen (secondary N) is 2. The minimum atomic E-state index is -0.360. The second-order valence-electron chi connectivity index (χ2n) is 10.4. The number of urea groups is 1. The highest BCUT2D eigenvalue weighted by Crippen LogP contribution is 2.45. The summed E-state index contributed by atoms with van der Waals surface area (Å²) in [5.74, 6) is -0.509. The van der Waals surface area contributed by atoms with Crippen molar-refractivity contribution in [1.29, 1.82) is 0 Å². The number of aromatic amines is 1. The van der Waals surface area contributed by atoms with Crippen molar-refractivity contribution in [2.45, 2.75) is 45.1 Å². The van der Waals surface area contributed by atoms with Crippen LogP contribution in [0.1, 0.15) is 43.7 Å². The van der Waals surface area contributed by atoms with Crippen LogP contribution in [0, 0.1) is 5.92 Å². The van der Waals surface area contributed by atoms with Crippen molar-refractivity contribution in [1.82, 2.24) is 25.0 Å². The van der Waals surface area contributed by atoms with Gasteiger partial charge in [-0.1, -0.05) is 18.2 Å². The molecule has 1 aromatic carbocycles. The van der Waals surface area contributed by atoms with Crippen molar-refractivity contribution in [3.8, 4) is 0 Å². The van der Waals surface area contributed by atoms with Crippen molar-refractivity contribution in [3.05, 3.63) is 48.2 Å². The van der Waals surface area contributed by atoms with Gasteiger partial charge in [-0.15, -0.1) is 6.58 Å². The molecule has 1 aliphatic heterocycles. The molecule has 2 N–H and O–H groups in total. The number of aromatic nitrogens is 1. The maximum absolute atomic E-state index is 13.9. The number of hydrogen-bond acceptors (Lipinski definition) is 6. The van der Waals surface area contributed by atoms with E-state index < -0.39 is 0 Å². The normalized spacial score (nSPS) is 20.7. The summed E-state index contributed by atoms with van der Waals surface area (Å²) in [6, 6.07) is 6.31. The van der Waals surface area contributed by atoms with E-state index in [1.165, 1.54) is 21.4 Å². The molecule has 2 heterocycles. The van der Waals surface area contributed by atoms with Gasteiger partial charge in [0.25, 0.3) is 0 Å². The van der Waals surface area contributed by atoms with Crippen molar-refractivity contribution in [3.63, 3.8) is 0 Å². The summed E-state index contributed by atoms with van der Waals surface area (Å²) in [7, 11) is 1.84. The standard InChI is InChI=1S/C29H41N5O4/c1-5-12-33-18-21(15-23-22-10-8-11-24-27(22)20(17-31-24)16-25(23)33)28(36)34(29(37)30-6-2)14-9-13-32(4)19-26(35)38-7-3/h5,8,10-11,17,21,23,25,31H,1,6-7,9,12-16,18-19H2,2-4H3,(H,30,37). The van der Waals surface area contributed by atoms with E-state index in [-0.39, 0.29) is 36.3 Å². The van der Waals surface area contributed by atoms with Gasteiger partial charge in [0.05, 0.1) is 19.1 Å². The van der Waals surface area contributed by atoms with Gasteiger partial charge in [0.15, 0.2) is 0 Å². The molecule has 4 rings (SSSR count). The van der Waals surface area contributed by atoms with Crippen LogP contribution >= 0.6 is 0 Å². The van der Waals surface area contributed by atoms with E-state index in [0.717, 1.165) is 11.9 Å². The lowest BCUT2D eigenvalue weighted by Gasteiger charge is -2.47. The van der Waals surface area contributed by atoms with Gasteiger partial charge in [0.2, 0.25) is 5.91 Å². The average molecular weight is 524 g/mol. The van der Waals surface area contributed by atoms with Crippen LogP contribution in [0.4, 0.5) is 4.79 Å². The van der Waals surface area contributed by atoms with Crippen LogP contribution in [0.2, 0.25) is 0 Å². The lowest BCUT2D eigenvalue weighted by atomic mass is 9.72. The van der Waals surface area contributed by atoms with Crippen LogP contribution in [0.3, 0.4) is 0 Å². The van der Waals surface area contributed by atoms with E-state index in [2.05, 4.69) is 46.2 Å². The van der Waals surface area contributed by atoms with Crippen molar-refractivity contribution in [2.24, 2.45) is 5.92 Å². The fourth-order valence-corrected chi connectivity index (χ4v) is 6.14. The number of likely N-dealkylation sites (N-methyl/N-ethyl adjacent to an activating group) is 1. The summed E-state index contributed by atoms with van der Waals surface area (Å²) in [6.45, 7) is 10.7. The number of esters is 1. The molecule has 0 bridgehead atoms. The van der Waals surface area contributed by atoms with Gasteiger partial charge in [-0.25, -0.2) is 4.79 Å². The minimum Gasteiger partial charge on any atom is -0.465 e. The molecule has 1 saturated heterocycles. The fraction of sp³-hybridized carbons (Fsp3) is 0.552. The number of hydrogen-bond donors (Lipinski definition) is 2. The lowest BCUT2D eigenvalue weighted by Crippen LogP contribution is -2.55. The van der Waals surface area contributed by atoms with Crippen LogP contribution in [-0.2, 0) is 20.7 Å². The zero-order chi connectivity index (χ0) is 27.2. The maximum atomic E-state index is 13.9. The van der Waals surface area contributed by atoms with Gasteiger partial charge in [-0.3, -0.25) is 24.3 Å². The van der Waals surface area contributed by atoms with E-state index in [1.807, 2.05) is 24.9 Å². The lowest BCUT2D eigenvalue weighted by molar-refractivity contribution is -0.144. The van der Waals surface area contributed by atoms with Crippen LogP contribution in [-0.4, -0.2) is 96.6 Å². The summed E-state index contributed by atoms with van der Waals surface area (Å²) < 4.78 is 5.02. The number of imide groups is 1. The first kappa shape index (κ1) is 27.9.